The van der Waals surface area contributed by atoms with Gasteiger partial charge in [0.25, 0.3) is 0 Å². The highest BCUT2D eigenvalue weighted by Gasteiger charge is 2.44. The summed E-state index contributed by atoms with van der Waals surface area (Å²) in [7, 11) is 0. The Balaban J connectivity index is 2.16. The summed E-state index contributed by atoms with van der Waals surface area (Å²) < 4.78 is 11.1. The maximum atomic E-state index is 13.1. The molecule has 1 heterocycles. The van der Waals surface area contributed by atoms with Gasteiger partial charge in [-0.1, -0.05) is 229 Å². The Bertz CT molecular complexity index is 1210. The minimum Gasteiger partial charge on any atom is -0.394 e. The fourth-order valence-electron chi connectivity index (χ4n) is 8.67. The number of nitrogens with one attached hydrogen (secondary N) is 1. The van der Waals surface area contributed by atoms with Gasteiger partial charge in [0.05, 0.1) is 25.4 Å². The summed E-state index contributed by atoms with van der Waals surface area (Å²) in [6.45, 7) is 3.52. The van der Waals surface area contributed by atoms with Gasteiger partial charge >= 0.3 is 0 Å². The van der Waals surface area contributed by atoms with E-state index in [4.69, 9.17) is 9.47 Å². The second-order valence-corrected chi connectivity index (χ2v) is 19.5. The first kappa shape index (κ1) is 63.1. The van der Waals surface area contributed by atoms with E-state index in [2.05, 4.69) is 55.6 Å². The van der Waals surface area contributed by atoms with Crippen molar-refractivity contribution in [2.24, 2.45) is 0 Å². The Morgan fingerprint density at radius 2 is 0.910 bits per heavy atom. The molecular formula is C57H105NO9. The zero-order valence-corrected chi connectivity index (χ0v) is 43.0. The molecule has 0 saturated carbocycles. The average molecular weight is 948 g/mol. The van der Waals surface area contributed by atoms with Crippen LogP contribution in [0.5, 0.6) is 0 Å². The SMILES string of the molecule is CCC/C=C/CC/C=C/CC/C=C/C(O)C(COC1OC(CO)C(O)C(O)C1O)NC(=O)C(O)CCCCCCCCCCCCCCCCC/C=C\CCCCCCCCCCCCCC. The van der Waals surface area contributed by atoms with Crippen molar-refractivity contribution < 1.29 is 44.9 Å². The molecule has 7 N–H and O–H groups in total. The number of allylic oxidation sites excluding steroid dienone is 7. The van der Waals surface area contributed by atoms with Gasteiger partial charge in [-0.05, 0) is 64.2 Å². The van der Waals surface area contributed by atoms with Gasteiger partial charge in [0.1, 0.15) is 30.5 Å². The molecule has 10 nitrogen and oxygen atoms in total. The maximum Gasteiger partial charge on any atom is 0.249 e. The van der Waals surface area contributed by atoms with E-state index in [0.29, 0.717) is 19.3 Å². The van der Waals surface area contributed by atoms with Gasteiger partial charge in [-0.15, -0.1) is 0 Å². The van der Waals surface area contributed by atoms with Crippen molar-refractivity contribution in [2.45, 2.75) is 294 Å². The quantitative estimate of drug-likeness (QED) is 0.0232. The van der Waals surface area contributed by atoms with Crippen LogP contribution in [0.2, 0.25) is 0 Å². The molecule has 1 rings (SSSR count). The van der Waals surface area contributed by atoms with E-state index < -0.39 is 61.5 Å². The molecule has 67 heavy (non-hydrogen) atoms. The van der Waals surface area contributed by atoms with Crippen LogP contribution in [0.25, 0.3) is 0 Å². The van der Waals surface area contributed by atoms with Crippen LogP contribution in [-0.4, -0.2) is 98.7 Å². The van der Waals surface area contributed by atoms with Crippen LogP contribution in [0.4, 0.5) is 0 Å². The number of amides is 1. The summed E-state index contributed by atoms with van der Waals surface area (Å²) in [6.07, 6.45) is 51.0. The molecule has 0 spiro atoms. The predicted octanol–water partition coefficient (Wildman–Crippen LogP) is 12.3. The molecule has 8 unspecified atom stereocenters. The molecule has 392 valence electrons. The lowest BCUT2D eigenvalue weighted by Crippen LogP contribution is -2.60. The molecule has 1 aliphatic heterocycles. The first-order chi connectivity index (χ1) is 32.8. The lowest BCUT2D eigenvalue weighted by Gasteiger charge is -2.40. The molecule has 1 fully saturated rings. The van der Waals surface area contributed by atoms with Crippen LogP contribution >= 0.6 is 0 Å². The second kappa shape index (κ2) is 46.5. The third-order valence-corrected chi connectivity index (χ3v) is 13.2. The number of unbranched alkanes of at least 4 members (excludes halogenated alkanes) is 30. The van der Waals surface area contributed by atoms with Crippen LogP contribution in [-0.2, 0) is 14.3 Å². The lowest BCUT2D eigenvalue weighted by atomic mass is 9.99. The normalized spacial score (nSPS) is 20.5. The van der Waals surface area contributed by atoms with Crippen molar-refractivity contribution >= 4 is 5.91 Å². The van der Waals surface area contributed by atoms with Crippen molar-refractivity contribution in [3.8, 4) is 0 Å². The number of carbonyl (C=O) groups is 1. The van der Waals surface area contributed by atoms with E-state index in [1.54, 1.807) is 6.08 Å². The molecule has 10 heteroatoms. The maximum absolute atomic E-state index is 13.1. The van der Waals surface area contributed by atoms with Crippen molar-refractivity contribution in [2.75, 3.05) is 13.2 Å². The van der Waals surface area contributed by atoms with E-state index in [-0.39, 0.29) is 6.61 Å². The summed E-state index contributed by atoms with van der Waals surface area (Å²) in [5.41, 5.74) is 0. The zero-order valence-electron chi connectivity index (χ0n) is 43.0. The highest BCUT2D eigenvalue weighted by molar-refractivity contribution is 5.80. The molecular weight excluding hydrogens is 843 g/mol. The molecule has 8 atom stereocenters. The van der Waals surface area contributed by atoms with Crippen LogP contribution in [0.3, 0.4) is 0 Å². The zero-order chi connectivity index (χ0) is 48.8. The van der Waals surface area contributed by atoms with Crippen LogP contribution in [0.1, 0.15) is 245 Å². The highest BCUT2D eigenvalue weighted by Crippen LogP contribution is 2.23. The van der Waals surface area contributed by atoms with E-state index in [0.717, 1.165) is 51.4 Å². The standard InChI is InChI=1S/C57H105NO9/c1-3-5-7-9-11-13-15-16-17-18-19-20-21-22-23-24-25-26-27-28-29-30-31-32-33-34-36-38-40-42-44-46-51(61)56(65)58-49(48-66-57-55(64)54(63)53(62)52(47-59)67-57)50(60)45-43-41-39-37-35-14-12-10-8-6-4-2/h8,10,22-23,35,37,43,45,49-55,57,59-64H,3-7,9,11-21,24-34,36,38-42,44,46-48H2,1-2H3,(H,58,65)/b10-8+,23-22-,37-35+,45-43+. The summed E-state index contributed by atoms with van der Waals surface area (Å²) in [5, 5.41) is 64.7. The minimum absolute atomic E-state index is 0.301. The summed E-state index contributed by atoms with van der Waals surface area (Å²) in [4.78, 5) is 13.1. The molecule has 0 aliphatic carbocycles. The van der Waals surface area contributed by atoms with Crippen molar-refractivity contribution in [1.29, 1.82) is 0 Å². The molecule has 0 bridgehead atoms. The minimum atomic E-state index is -1.62. The van der Waals surface area contributed by atoms with E-state index in [1.165, 1.54) is 161 Å². The van der Waals surface area contributed by atoms with Gasteiger partial charge in [0.15, 0.2) is 6.29 Å². The van der Waals surface area contributed by atoms with Gasteiger partial charge in [0.2, 0.25) is 5.91 Å². The Morgan fingerprint density at radius 1 is 0.507 bits per heavy atom. The van der Waals surface area contributed by atoms with Crippen LogP contribution in [0.15, 0.2) is 48.6 Å². The largest absolute Gasteiger partial charge is 0.394 e. The monoisotopic (exact) mass is 948 g/mol. The van der Waals surface area contributed by atoms with Crippen LogP contribution < -0.4 is 5.32 Å². The molecule has 1 amide bonds. The van der Waals surface area contributed by atoms with Gasteiger partial charge in [-0.25, -0.2) is 0 Å². The van der Waals surface area contributed by atoms with Gasteiger partial charge in [-0.3, -0.25) is 4.79 Å². The number of hydrogen-bond donors (Lipinski definition) is 7. The number of aliphatic hydroxyl groups excluding tert-OH is 6. The smallest absolute Gasteiger partial charge is 0.249 e. The highest BCUT2D eigenvalue weighted by atomic mass is 16.7. The molecule has 0 aromatic heterocycles. The Labute approximate surface area is 410 Å². The molecule has 1 aliphatic rings. The van der Waals surface area contributed by atoms with Crippen LogP contribution in [0, 0.1) is 0 Å². The van der Waals surface area contributed by atoms with Crippen molar-refractivity contribution in [3.63, 3.8) is 0 Å². The van der Waals surface area contributed by atoms with Crippen molar-refractivity contribution in [1.82, 2.24) is 5.32 Å². The number of hydrogen-bond acceptors (Lipinski definition) is 9. The topological polar surface area (TPSA) is 169 Å². The second-order valence-electron chi connectivity index (χ2n) is 19.5. The van der Waals surface area contributed by atoms with E-state index in [9.17, 15) is 35.4 Å². The molecule has 0 radical (unpaired) electrons. The molecule has 0 aromatic carbocycles. The Kier molecular flexibility index (Phi) is 43.8. The third-order valence-electron chi connectivity index (χ3n) is 13.2. The van der Waals surface area contributed by atoms with E-state index in [1.807, 2.05) is 6.08 Å². The number of rotatable bonds is 47. The fourth-order valence-corrected chi connectivity index (χ4v) is 8.67. The number of aliphatic hydroxyl groups is 6. The van der Waals surface area contributed by atoms with Gasteiger partial charge in [0, 0.05) is 0 Å². The van der Waals surface area contributed by atoms with E-state index >= 15 is 0 Å². The third kappa shape index (κ3) is 35.8. The fraction of sp³-hybridized carbons (Fsp3) is 0.842. The first-order valence-electron chi connectivity index (χ1n) is 28.0. The average Bonchev–Trinajstić information content (AvgIpc) is 3.33. The summed E-state index contributed by atoms with van der Waals surface area (Å²) >= 11 is 0. The Morgan fingerprint density at radius 3 is 1.36 bits per heavy atom. The number of carbonyl (C=O) groups excluding carboxylic acids is 1. The van der Waals surface area contributed by atoms with Gasteiger partial charge < -0.3 is 45.4 Å². The predicted molar refractivity (Wildman–Crippen MR) is 278 cm³/mol. The molecule has 1 saturated heterocycles. The summed E-state index contributed by atoms with van der Waals surface area (Å²) in [6, 6.07) is -1.00. The summed E-state index contributed by atoms with van der Waals surface area (Å²) in [5.74, 6) is -0.631. The van der Waals surface area contributed by atoms with Gasteiger partial charge in [-0.2, -0.15) is 0 Å². The Hall–Kier alpha value is -1.89. The lowest BCUT2D eigenvalue weighted by molar-refractivity contribution is -0.302. The first-order valence-corrected chi connectivity index (χ1v) is 28.0. The number of ether oxygens (including phenoxy) is 2. The van der Waals surface area contributed by atoms with Crippen molar-refractivity contribution in [3.05, 3.63) is 48.6 Å². The molecule has 0 aromatic rings.